The molecule has 0 radical (unpaired) electrons. The summed E-state index contributed by atoms with van der Waals surface area (Å²) >= 11 is 0. The van der Waals surface area contributed by atoms with Crippen LogP contribution in [0.2, 0.25) is 0 Å². The lowest BCUT2D eigenvalue weighted by molar-refractivity contribution is 1.10. The van der Waals surface area contributed by atoms with Gasteiger partial charge in [0, 0.05) is 5.57 Å². The van der Waals surface area contributed by atoms with Gasteiger partial charge in [-0.05, 0) is 12.8 Å². The number of hydrogen-bond acceptors (Lipinski definition) is 1. The van der Waals surface area contributed by atoms with Gasteiger partial charge in [0.25, 0.3) is 0 Å². The van der Waals surface area contributed by atoms with E-state index in [0.717, 1.165) is 18.4 Å². The van der Waals surface area contributed by atoms with E-state index in [1.165, 1.54) is 0 Å². The first kappa shape index (κ1) is 7.23. The Bertz CT molecular complexity index is 117. The van der Waals surface area contributed by atoms with Crippen LogP contribution in [0.1, 0.15) is 26.7 Å². The Hall–Kier alpha value is -0.770. The molecule has 0 saturated carbocycles. The predicted molar refractivity (Wildman–Crippen MR) is 34.3 cm³/mol. The molecule has 0 heterocycles. The highest BCUT2D eigenvalue weighted by atomic mass is 14.2. The van der Waals surface area contributed by atoms with E-state index in [1.807, 2.05) is 19.9 Å². The van der Waals surface area contributed by atoms with Crippen molar-refractivity contribution in [2.45, 2.75) is 26.7 Å². The Morgan fingerprint density at radius 2 is 2.25 bits per heavy atom. The molecule has 1 nitrogen and oxygen atoms in total. The van der Waals surface area contributed by atoms with Crippen molar-refractivity contribution in [3.05, 3.63) is 11.6 Å². The van der Waals surface area contributed by atoms with E-state index in [4.69, 9.17) is 5.26 Å². The highest BCUT2D eigenvalue weighted by Crippen LogP contribution is 1.98. The van der Waals surface area contributed by atoms with Crippen LogP contribution in [0.3, 0.4) is 0 Å². The Morgan fingerprint density at radius 3 is 2.38 bits per heavy atom. The van der Waals surface area contributed by atoms with Crippen molar-refractivity contribution in [2.75, 3.05) is 0 Å². The molecule has 0 spiro atoms. The first-order valence-corrected chi connectivity index (χ1v) is 2.94. The van der Waals surface area contributed by atoms with Crippen LogP contribution in [-0.2, 0) is 0 Å². The fraction of sp³-hybridized carbons (Fsp3) is 0.571. The average Bonchev–Trinajstić information content (AvgIpc) is 1.83. The Labute approximate surface area is 50.6 Å². The van der Waals surface area contributed by atoms with Gasteiger partial charge in [0.15, 0.2) is 0 Å². The summed E-state index contributed by atoms with van der Waals surface area (Å²) in [6.07, 6.45) is 3.79. The van der Waals surface area contributed by atoms with Gasteiger partial charge >= 0.3 is 0 Å². The molecule has 1 heteroatoms. The number of rotatable bonds is 2. The molecule has 0 aliphatic heterocycles. The molecule has 0 aromatic rings. The second-order valence-corrected chi connectivity index (χ2v) is 1.60. The Morgan fingerprint density at radius 1 is 1.62 bits per heavy atom. The van der Waals surface area contributed by atoms with E-state index >= 15 is 0 Å². The third-order valence-corrected chi connectivity index (χ3v) is 0.975. The van der Waals surface area contributed by atoms with Gasteiger partial charge in [0.2, 0.25) is 0 Å². The summed E-state index contributed by atoms with van der Waals surface area (Å²) in [5, 5.41) is 8.34. The summed E-state index contributed by atoms with van der Waals surface area (Å²) in [4.78, 5) is 0. The zero-order valence-electron chi connectivity index (χ0n) is 5.44. The van der Waals surface area contributed by atoms with Crippen LogP contribution < -0.4 is 0 Å². The molecule has 8 heavy (non-hydrogen) atoms. The van der Waals surface area contributed by atoms with Gasteiger partial charge in [0.05, 0.1) is 6.07 Å². The Balaban J connectivity index is 3.72. The Kier molecular flexibility index (Phi) is 3.97. The maximum absolute atomic E-state index is 8.34. The zero-order chi connectivity index (χ0) is 6.41. The van der Waals surface area contributed by atoms with E-state index in [2.05, 4.69) is 6.07 Å². The third-order valence-electron chi connectivity index (χ3n) is 0.975. The smallest absolute Gasteiger partial charge is 0.0943 e. The van der Waals surface area contributed by atoms with Crippen molar-refractivity contribution < 1.29 is 0 Å². The van der Waals surface area contributed by atoms with Crippen molar-refractivity contribution in [2.24, 2.45) is 0 Å². The maximum atomic E-state index is 8.34. The number of hydrogen-bond donors (Lipinski definition) is 0. The summed E-state index contributed by atoms with van der Waals surface area (Å²) in [5.41, 5.74) is 0.896. The summed E-state index contributed by atoms with van der Waals surface area (Å²) in [5.74, 6) is 0. The van der Waals surface area contributed by atoms with E-state index in [0.29, 0.717) is 0 Å². The fourth-order valence-corrected chi connectivity index (χ4v) is 0.515. The van der Waals surface area contributed by atoms with Crippen LogP contribution in [-0.4, -0.2) is 0 Å². The molecule has 0 saturated heterocycles. The van der Waals surface area contributed by atoms with Crippen molar-refractivity contribution in [1.82, 2.24) is 0 Å². The van der Waals surface area contributed by atoms with Gasteiger partial charge < -0.3 is 0 Å². The molecule has 0 aliphatic carbocycles. The van der Waals surface area contributed by atoms with Crippen molar-refractivity contribution in [3.63, 3.8) is 0 Å². The van der Waals surface area contributed by atoms with E-state index in [1.54, 1.807) is 0 Å². The molecular weight excluding hydrogens is 98.1 g/mol. The summed E-state index contributed by atoms with van der Waals surface area (Å²) in [6.45, 7) is 4.03. The molecule has 0 rings (SSSR count). The number of nitrogens with zero attached hydrogens (tertiary/aromatic N) is 1. The fourth-order valence-electron chi connectivity index (χ4n) is 0.515. The topological polar surface area (TPSA) is 23.8 Å². The monoisotopic (exact) mass is 109 g/mol. The van der Waals surface area contributed by atoms with Gasteiger partial charge in [0.1, 0.15) is 0 Å². The van der Waals surface area contributed by atoms with E-state index in [9.17, 15) is 0 Å². The molecule has 0 aromatic heterocycles. The van der Waals surface area contributed by atoms with Crippen molar-refractivity contribution in [3.8, 4) is 6.07 Å². The van der Waals surface area contributed by atoms with Gasteiger partial charge in [-0.15, -0.1) is 0 Å². The summed E-state index contributed by atoms with van der Waals surface area (Å²) in [7, 11) is 0. The number of allylic oxidation sites excluding steroid dienone is 2. The lowest BCUT2D eigenvalue weighted by atomic mass is 10.2. The van der Waals surface area contributed by atoms with Gasteiger partial charge in [-0.1, -0.05) is 19.9 Å². The minimum atomic E-state index is 0.865. The maximum Gasteiger partial charge on any atom is 0.0943 e. The lowest BCUT2D eigenvalue weighted by Gasteiger charge is -1.85. The SMILES string of the molecule is CCC=C(C#N)CC. The van der Waals surface area contributed by atoms with Crippen LogP contribution in [0, 0.1) is 11.3 Å². The van der Waals surface area contributed by atoms with Crippen LogP contribution in [0.5, 0.6) is 0 Å². The second kappa shape index (κ2) is 4.39. The first-order valence-electron chi connectivity index (χ1n) is 2.94. The molecule has 0 aliphatic rings. The van der Waals surface area contributed by atoms with Crippen LogP contribution in [0.4, 0.5) is 0 Å². The van der Waals surface area contributed by atoms with E-state index < -0.39 is 0 Å². The van der Waals surface area contributed by atoms with Crippen LogP contribution >= 0.6 is 0 Å². The second-order valence-electron chi connectivity index (χ2n) is 1.60. The van der Waals surface area contributed by atoms with Gasteiger partial charge in [-0.3, -0.25) is 0 Å². The van der Waals surface area contributed by atoms with Crippen LogP contribution in [0.15, 0.2) is 11.6 Å². The minimum absolute atomic E-state index is 0.865. The molecule has 0 aromatic carbocycles. The van der Waals surface area contributed by atoms with Crippen molar-refractivity contribution >= 4 is 0 Å². The first-order chi connectivity index (χ1) is 3.85. The minimum Gasteiger partial charge on any atom is -0.193 e. The molecular formula is C7H11N. The van der Waals surface area contributed by atoms with Gasteiger partial charge in [-0.25, -0.2) is 0 Å². The molecule has 0 bridgehead atoms. The van der Waals surface area contributed by atoms with Crippen LogP contribution in [0.25, 0.3) is 0 Å². The normalized spacial score (nSPS) is 10.9. The molecule has 44 valence electrons. The van der Waals surface area contributed by atoms with E-state index in [-0.39, 0.29) is 0 Å². The summed E-state index contributed by atoms with van der Waals surface area (Å²) in [6, 6.07) is 2.11. The van der Waals surface area contributed by atoms with Crippen molar-refractivity contribution in [1.29, 1.82) is 5.26 Å². The zero-order valence-corrected chi connectivity index (χ0v) is 5.44. The number of nitriles is 1. The largest absolute Gasteiger partial charge is 0.193 e. The quantitative estimate of drug-likeness (QED) is 0.499. The molecule has 0 fully saturated rings. The molecule has 0 N–H and O–H groups in total. The predicted octanol–water partition coefficient (Wildman–Crippen LogP) is 2.26. The molecule has 0 atom stereocenters. The molecule has 0 unspecified atom stereocenters. The third kappa shape index (κ3) is 2.41. The highest BCUT2D eigenvalue weighted by molar-refractivity contribution is 5.19. The standard InChI is InChI=1S/C7H11N/c1-3-5-7(4-2)6-8/h5H,3-4H2,1-2H3. The average molecular weight is 109 g/mol. The van der Waals surface area contributed by atoms with Gasteiger partial charge in [-0.2, -0.15) is 5.26 Å². The highest BCUT2D eigenvalue weighted by Gasteiger charge is 1.84. The molecule has 0 amide bonds. The summed E-state index contributed by atoms with van der Waals surface area (Å²) < 4.78 is 0. The lowest BCUT2D eigenvalue weighted by Crippen LogP contribution is -1.71.